The number of anilines is 1. The minimum Gasteiger partial charge on any atom is -0.368 e. The third kappa shape index (κ3) is 4.20. The maximum Gasteiger partial charge on any atom is 0.263 e. The Morgan fingerprint density at radius 1 is 0.935 bits per heavy atom. The van der Waals surface area contributed by atoms with Crippen LogP contribution in [-0.2, 0) is 17.6 Å². The number of benzene rings is 1. The van der Waals surface area contributed by atoms with Crippen LogP contribution in [0.4, 0.5) is 10.1 Å². The summed E-state index contributed by atoms with van der Waals surface area (Å²) in [5.74, 6) is 0.182. The molecule has 2 saturated heterocycles. The Labute approximate surface area is 186 Å². The van der Waals surface area contributed by atoms with Crippen LogP contribution < -0.4 is 4.90 Å². The first-order valence-electron chi connectivity index (χ1n) is 11.3. The van der Waals surface area contributed by atoms with Crippen molar-refractivity contribution < 1.29 is 14.0 Å². The quantitative estimate of drug-likeness (QED) is 0.731. The van der Waals surface area contributed by atoms with E-state index in [4.69, 9.17) is 0 Å². The average Bonchev–Trinajstić information content (AvgIpc) is 3.48. The molecule has 164 valence electrons. The van der Waals surface area contributed by atoms with Gasteiger partial charge in [0, 0.05) is 55.8 Å². The van der Waals surface area contributed by atoms with E-state index in [0.29, 0.717) is 13.1 Å². The first-order valence-corrected chi connectivity index (χ1v) is 12.1. The van der Waals surface area contributed by atoms with Crippen LogP contribution in [0.2, 0.25) is 0 Å². The first-order chi connectivity index (χ1) is 15.1. The maximum atomic E-state index is 13.2. The molecule has 0 N–H and O–H groups in total. The van der Waals surface area contributed by atoms with Gasteiger partial charge in [-0.15, -0.1) is 11.3 Å². The van der Waals surface area contributed by atoms with Crippen molar-refractivity contribution in [2.75, 3.05) is 44.2 Å². The first kappa shape index (κ1) is 20.5. The van der Waals surface area contributed by atoms with Gasteiger partial charge < -0.3 is 14.7 Å². The van der Waals surface area contributed by atoms with Crippen molar-refractivity contribution in [1.29, 1.82) is 0 Å². The minimum atomic E-state index is -0.229. The second-order valence-electron chi connectivity index (χ2n) is 8.79. The number of thiophene rings is 1. The number of amides is 2. The van der Waals surface area contributed by atoms with E-state index < -0.39 is 0 Å². The zero-order valence-corrected chi connectivity index (χ0v) is 18.5. The highest BCUT2D eigenvalue weighted by atomic mass is 32.1. The standard InChI is InChI=1S/C24H28FN3O2S/c25-19-4-6-20(7-5-19)26-11-13-28(14-12-26)23(29)17-3-8-21-18(15-17)16-22(31-21)24(30)27-9-1-2-10-27/h4-7,16-17H,1-3,8-15H2. The molecule has 0 bridgehead atoms. The molecule has 2 amide bonds. The molecular formula is C24H28FN3O2S. The van der Waals surface area contributed by atoms with Crippen molar-refractivity contribution in [2.24, 2.45) is 5.92 Å². The Bertz CT molecular complexity index is 960. The largest absolute Gasteiger partial charge is 0.368 e. The fraction of sp³-hybridized carbons (Fsp3) is 0.500. The summed E-state index contributed by atoms with van der Waals surface area (Å²) in [4.78, 5) is 34.2. The maximum absolute atomic E-state index is 13.2. The van der Waals surface area contributed by atoms with Crippen molar-refractivity contribution in [2.45, 2.75) is 32.1 Å². The lowest BCUT2D eigenvalue weighted by atomic mass is 9.87. The van der Waals surface area contributed by atoms with Gasteiger partial charge in [-0.3, -0.25) is 9.59 Å². The van der Waals surface area contributed by atoms with E-state index >= 15 is 0 Å². The van der Waals surface area contributed by atoms with E-state index in [0.717, 1.165) is 68.8 Å². The molecule has 3 aliphatic rings. The van der Waals surface area contributed by atoms with E-state index in [1.165, 1.54) is 22.6 Å². The van der Waals surface area contributed by atoms with Gasteiger partial charge >= 0.3 is 0 Å². The molecule has 2 aliphatic heterocycles. The van der Waals surface area contributed by atoms with Crippen LogP contribution in [0.5, 0.6) is 0 Å². The van der Waals surface area contributed by atoms with Crippen LogP contribution in [0.25, 0.3) is 0 Å². The second-order valence-corrected chi connectivity index (χ2v) is 9.92. The number of rotatable bonds is 3. The summed E-state index contributed by atoms with van der Waals surface area (Å²) >= 11 is 1.63. The average molecular weight is 442 g/mol. The number of aryl methyl sites for hydroxylation is 1. The minimum absolute atomic E-state index is 0.00853. The molecule has 1 unspecified atom stereocenters. The highest BCUT2D eigenvalue weighted by Gasteiger charge is 2.32. The molecule has 31 heavy (non-hydrogen) atoms. The number of carbonyl (C=O) groups excluding carboxylic acids is 2. The molecule has 1 atom stereocenters. The van der Waals surface area contributed by atoms with Crippen molar-refractivity contribution in [3.05, 3.63) is 51.5 Å². The molecule has 5 nitrogen and oxygen atoms in total. The number of likely N-dealkylation sites (tertiary alicyclic amines) is 1. The number of carbonyl (C=O) groups is 2. The summed E-state index contributed by atoms with van der Waals surface area (Å²) in [6, 6.07) is 8.61. The fourth-order valence-electron chi connectivity index (χ4n) is 5.01. The number of nitrogens with zero attached hydrogens (tertiary/aromatic N) is 3. The normalized spacial score (nSPS) is 21.3. The summed E-state index contributed by atoms with van der Waals surface area (Å²) < 4.78 is 13.2. The highest BCUT2D eigenvalue weighted by Crippen LogP contribution is 2.34. The van der Waals surface area contributed by atoms with Crippen LogP contribution in [0, 0.1) is 11.7 Å². The molecule has 0 saturated carbocycles. The van der Waals surface area contributed by atoms with Gasteiger partial charge in [0.1, 0.15) is 5.82 Å². The summed E-state index contributed by atoms with van der Waals surface area (Å²) in [5, 5.41) is 0. The van der Waals surface area contributed by atoms with Gasteiger partial charge in [-0.25, -0.2) is 4.39 Å². The van der Waals surface area contributed by atoms with Gasteiger partial charge in [-0.05, 0) is 68.0 Å². The van der Waals surface area contributed by atoms with E-state index in [1.807, 2.05) is 15.9 Å². The van der Waals surface area contributed by atoms with Crippen LogP contribution in [0.15, 0.2) is 30.3 Å². The smallest absolute Gasteiger partial charge is 0.263 e. The van der Waals surface area contributed by atoms with E-state index in [1.54, 1.807) is 23.5 Å². The van der Waals surface area contributed by atoms with Crippen LogP contribution in [-0.4, -0.2) is 60.9 Å². The molecule has 2 aromatic rings. The lowest BCUT2D eigenvalue weighted by molar-refractivity contribution is -0.136. The van der Waals surface area contributed by atoms with E-state index in [2.05, 4.69) is 4.90 Å². The molecule has 1 aliphatic carbocycles. The summed E-state index contributed by atoms with van der Waals surface area (Å²) in [7, 11) is 0. The highest BCUT2D eigenvalue weighted by molar-refractivity contribution is 7.14. The SMILES string of the molecule is O=C(c1cc2c(s1)CCC(C(=O)N1CCN(c3ccc(F)cc3)CC1)C2)N1CCCC1. The molecule has 3 heterocycles. The Morgan fingerprint density at radius 2 is 1.65 bits per heavy atom. The van der Waals surface area contributed by atoms with E-state index in [9.17, 15) is 14.0 Å². The van der Waals surface area contributed by atoms with Gasteiger partial charge in [-0.1, -0.05) is 0 Å². The molecule has 0 spiro atoms. The molecule has 5 rings (SSSR count). The summed E-state index contributed by atoms with van der Waals surface area (Å²) in [5.41, 5.74) is 2.20. The molecule has 0 radical (unpaired) electrons. The summed E-state index contributed by atoms with van der Waals surface area (Å²) in [6.45, 7) is 4.66. The van der Waals surface area contributed by atoms with Crippen molar-refractivity contribution >= 4 is 28.8 Å². The topological polar surface area (TPSA) is 43.9 Å². The Balaban J connectivity index is 1.19. The Hall–Kier alpha value is -2.41. The molecule has 1 aromatic heterocycles. The van der Waals surface area contributed by atoms with Crippen LogP contribution in [0.1, 0.15) is 39.4 Å². The zero-order valence-electron chi connectivity index (χ0n) is 17.7. The predicted molar refractivity (Wildman–Crippen MR) is 120 cm³/mol. The van der Waals surface area contributed by atoms with Gasteiger partial charge in [0.25, 0.3) is 5.91 Å². The Kier molecular flexibility index (Phi) is 5.69. The molecule has 7 heteroatoms. The van der Waals surface area contributed by atoms with Gasteiger partial charge in [0.2, 0.25) is 5.91 Å². The molecular weight excluding hydrogens is 413 g/mol. The van der Waals surface area contributed by atoms with Crippen LogP contribution >= 0.6 is 11.3 Å². The van der Waals surface area contributed by atoms with Crippen LogP contribution in [0.3, 0.4) is 0 Å². The summed E-state index contributed by atoms with van der Waals surface area (Å²) in [6.07, 6.45) is 4.70. The fourth-order valence-corrected chi connectivity index (χ4v) is 6.19. The second kappa shape index (κ2) is 8.61. The number of hydrogen-bond acceptors (Lipinski definition) is 4. The monoisotopic (exact) mass is 441 g/mol. The number of piperazine rings is 1. The Morgan fingerprint density at radius 3 is 2.35 bits per heavy atom. The predicted octanol–water partition coefficient (Wildman–Crippen LogP) is 3.58. The molecule has 1 aromatic carbocycles. The molecule has 2 fully saturated rings. The van der Waals surface area contributed by atoms with Crippen molar-refractivity contribution in [1.82, 2.24) is 9.80 Å². The zero-order chi connectivity index (χ0) is 21.4. The van der Waals surface area contributed by atoms with E-state index in [-0.39, 0.29) is 23.5 Å². The van der Waals surface area contributed by atoms with Gasteiger partial charge in [0.15, 0.2) is 0 Å². The lowest BCUT2D eigenvalue weighted by Gasteiger charge is -2.38. The van der Waals surface area contributed by atoms with Crippen molar-refractivity contribution in [3.8, 4) is 0 Å². The van der Waals surface area contributed by atoms with Gasteiger partial charge in [-0.2, -0.15) is 0 Å². The lowest BCUT2D eigenvalue weighted by Crippen LogP contribution is -2.51. The number of fused-ring (bicyclic) bond motifs is 1. The van der Waals surface area contributed by atoms with Gasteiger partial charge in [0.05, 0.1) is 4.88 Å². The van der Waals surface area contributed by atoms with Crippen molar-refractivity contribution in [3.63, 3.8) is 0 Å². The number of halogens is 1. The third-order valence-electron chi connectivity index (χ3n) is 6.82. The third-order valence-corrected chi connectivity index (χ3v) is 8.04. The number of hydrogen-bond donors (Lipinski definition) is 0.